The first-order valence-electron chi connectivity index (χ1n) is 10.4. The summed E-state index contributed by atoms with van der Waals surface area (Å²) in [7, 11) is 0. The van der Waals surface area contributed by atoms with Crippen molar-refractivity contribution in [3.8, 4) is 11.3 Å². The molecule has 5 rings (SSSR count). The Morgan fingerprint density at radius 1 is 1.33 bits per heavy atom. The maximum absolute atomic E-state index is 13.2. The predicted molar refractivity (Wildman–Crippen MR) is 120 cm³/mol. The molecule has 1 aliphatic rings. The lowest BCUT2D eigenvalue weighted by atomic mass is 9.99. The van der Waals surface area contributed by atoms with Crippen molar-refractivity contribution in [2.75, 3.05) is 19.6 Å². The van der Waals surface area contributed by atoms with Crippen LogP contribution < -0.4 is 5.32 Å². The lowest BCUT2D eigenvalue weighted by molar-refractivity contribution is 0.0661. The molecule has 30 heavy (non-hydrogen) atoms. The van der Waals surface area contributed by atoms with Crippen molar-refractivity contribution in [3.63, 3.8) is 0 Å². The monoisotopic (exact) mass is 422 g/mol. The first-order valence-corrected chi connectivity index (χ1v) is 11.2. The summed E-state index contributed by atoms with van der Waals surface area (Å²) in [4.78, 5) is 23.9. The van der Waals surface area contributed by atoms with Crippen molar-refractivity contribution in [1.29, 1.82) is 0 Å². The molecule has 0 radical (unpaired) electrons. The number of aryl methyl sites for hydroxylation is 1. The molecule has 1 atom stereocenters. The second-order valence-electron chi connectivity index (χ2n) is 8.41. The summed E-state index contributed by atoms with van der Waals surface area (Å²) in [5.74, 6) is 0.454. The van der Waals surface area contributed by atoms with Crippen molar-refractivity contribution in [2.24, 2.45) is 0 Å². The molecule has 0 aromatic carbocycles. The van der Waals surface area contributed by atoms with Gasteiger partial charge >= 0.3 is 0 Å². The lowest BCUT2D eigenvalue weighted by Crippen LogP contribution is -2.52. The fourth-order valence-electron chi connectivity index (χ4n) is 4.40. The normalized spacial score (nSPS) is 17.5. The Balaban J connectivity index is 1.60. The first-order chi connectivity index (χ1) is 14.4. The summed E-state index contributed by atoms with van der Waals surface area (Å²) in [5, 5.41) is 7.67. The molecule has 1 aliphatic heterocycles. The van der Waals surface area contributed by atoms with E-state index in [0.717, 1.165) is 52.5 Å². The average molecular weight is 423 g/mol. The van der Waals surface area contributed by atoms with E-state index in [1.807, 2.05) is 21.7 Å². The molecule has 0 unspecified atom stereocenters. The smallest absolute Gasteiger partial charge is 0.264 e. The molecule has 2 N–H and O–H groups in total. The Labute approximate surface area is 179 Å². The van der Waals surface area contributed by atoms with E-state index >= 15 is 0 Å². The van der Waals surface area contributed by atoms with Gasteiger partial charge < -0.3 is 15.2 Å². The minimum atomic E-state index is 0.134. The van der Waals surface area contributed by atoms with Crippen LogP contribution in [0.3, 0.4) is 0 Å². The molecule has 156 valence electrons. The second kappa shape index (κ2) is 7.21. The largest absolute Gasteiger partial charge is 0.354 e. The SMILES string of the molecule is Cc1cc(-c2[nH]c3cc(C(=O)N4CCNC[C@@H]4C)sc3c2C(C)C)cn2ncnc12. The van der Waals surface area contributed by atoms with Crippen LogP contribution in [0.15, 0.2) is 24.7 Å². The highest BCUT2D eigenvalue weighted by Gasteiger charge is 2.27. The number of nitrogens with zero attached hydrogens (tertiary/aromatic N) is 4. The molecule has 4 aromatic heterocycles. The number of aromatic amines is 1. The maximum Gasteiger partial charge on any atom is 0.264 e. The Kier molecular flexibility index (Phi) is 4.63. The fourth-order valence-corrected chi connectivity index (χ4v) is 5.67. The van der Waals surface area contributed by atoms with Gasteiger partial charge in [-0.2, -0.15) is 5.10 Å². The quantitative estimate of drug-likeness (QED) is 0.526. The van der Waals surface area contributed by atoms with E-state index in [-0.39, 0.29) is 11.9 Å². The molecule has 1 amide bonds. The highest BCUT2D eigenvalue weighted by molar-refractivity contribution is 7.21. The maximum atomic E-state index is 13.2. The van der Waals surface area contributed by atoms with Crippen LogP contribution in [0.1, 0.15) is 47.5 Å². The minimum absolute atomic E-state index is 0.134. The van der Waals surface area contributed by atoms with Crippen molar-refractivity contribution < 1.29 is 4.79 Å². The molecule has 4 aromatic rings. The molecule has 5 heterocycles. The number of thiophene rings is 1. The van der Waals surface area contributed by atoms with Crippen LogP contribution in [0.2, 0.25) is 0 Å². The molecular weight excluding hydrogens is 396 g/mol. The zero-order chi connectivity index (χ0) is 21.0. The molecule has 8 heteroatoms. The standard InChI is InChI=1S/C22H26N6OS/c1-12(2)18-19(15-7-13(3)21-24-11-25-28(21)10-15)26-16-8-17(30-20(16)18)22(29)27-6-5-23-9-14(27)4/h7-8,10-12,14,23,26H,5-6,9H2,1-4H3/t14-/m0/s1. The molecule has 0 saturated carbocycles. The summed E-state index contributed by atoms with van der Waals surface area (Å²) in [6.45, 7) is 11.0. The number of nitrogens with one attached hydrogen (secondary N) is 2. The van der Waals surface area contributed by atoms with Gasteiger partial charge in [0, 0.05) is 37.4 Å². The zero-order valence-corrected chi connectivity index (χ0v) is 18.5. The number of piperazine rings is 1. The summed E-state index contributed by atoms with van der Waals surface area (Å²) < 4.78 is 2.99. The van der Waals surface area contributed by atoms with Crippen LogP contribution in [-0.4, -0.2) is 56.1 Å². The number of hydrogen-bond acceptors (Lipinski definition) is 5. The molecule has 0 bridgehead atoms. The van der Waals surface area contributed by atoms with E-state index in [9.17, 15) is 4.79 Å². The van der Waals surface area contributed by atoms with Crippen LogP contribution in [-0.2, 0) is 0 Å². The highest BCUT2D eigenvalue weighted by Crippen LogP contribution is 2.40. The Bertz CT molecular complexity index is 1250. The van der Waals surface area contributed by atoms with Gasteiger partial charge in [-0.15, -0.1) is 11.3 Å². The molecule has 1 saturated heterocycles. The van der Waals surface area contributed by atoms with Crippen molar-refractivity contribution in [1.82, 2.24) is 29.8 Å². The van der Waals surface area contributed by atoms with E-state index < -0.39 is 0 Å². The van der Waals surface area contributed by atoms with E-state index in [2.05, 4.69) is 54.1 Å². The van der Waals surface area contributed by atoms with E-state index in [1.165, 1.54) is 10.3 Å². The number of carbonyl (C=O) groups is 1. The number of aromatic nitrogens is 4. The van der Waals surface area contributed by atoms with Crippen molar-refractivity contribution in [2.45, 2.75) is 39.7 Å². The first kappa shape index (κ1) is 19.3. The summed E-state index contributed by atoms with van der Waals surface area (Å²) in [6, 6.07) is 4.39. The van der Waals surface area contributed by atoms with Gasteiger partial charge in [0.2, 0.25) is 0 Å². The van der Waals surface area contributed by atoms with Crippen LogP contribution in [0.4, 0.5) is 0 Å². The van der Waals surface area contributed by atoms with Crippen LogP contribution in [0, 0.1) is 6.92 Å². The summed E-state index contributed by atoms with van der Waals surface area (Å²) >= 11 is 1.60. The van der Waals surface area contributed by atoms with Gasteiger partial charge in [0.25, 0.3) is 5.91 Å². The summed E-state index contributed by atoms with van der Waals surface area (Å²) in [6.07, 6.45) is 3.60. The number of fused-ring (bicyclic) bond motifs is 2. The van der Waals surface area contributed by atoms with Crippen LogP contribution >= 0.6 is 11.3 Å². The fraction of sp³-hybridized carbons (Fsp3) is 0.409. The molecule has 1 fully saturated rings. The topological polar surface area (TPSA) is 78.3 Å². The highest BCUT2D eigenvalue weighted by atomic mass is 32.1. The van der Waals surface area contributed by atoms with Gasteiger partial charge in [-0.25, -0.2) is 9.50 Å². The van der Waals surface area contributed by atoms with Crippen molar-refractivity contribution >= 4 is 33.1 Å². The van der Waals surface area contributed by atoms with Crippen LogP contribution in [0.25, 0.3) is 27.1 Å². The number of pyridine rings is 1. The number of rotatable bonds is 3. The minimum Gasteiger partial charge on any atom is -0.354 e. The van der Waals surface area contributed by atoms with E-state index in [4.69, 9.17) is 0 Å². The molecule has 0 aliphatic carbocycles. The summed E-state index contributed by atoms with van der Waals surface area (Å²) in [5.41, 5.74) is 6.42. The Morgan fingerprint density at radius 3 is 2.93 bits per heavy atom. The van der Waals surface area contributed by atoms with Crippen LogP contribution in [0.5, 0.6) is 0 Å². The predicted octanol–water partition coefficient (Wildman–Crippen LogP) is 3.80. The average Bonchev–Trinajstić information content (AvgIpc) is 3.41. The van der Waals surface area contributed by atoms with E-state index in [1.54, 1.807) is 17.7 Å². The zero-order valence-electron chi connectivity index (χ0n) is 17.7. The van der Waals surface area contributed by atoms with Gasteiger partial charge in [-0.1, -0.05) is 13.8 Å². The number of carbonyl (C=O) groups excluding carboxylic acids is 1. The van der Waals surface area contributed by atoms with Gasteiger partial charge in [0.1, 0.15) is 6.33 Å². The molecule has 0 spiro atoms. The number of H-pyrrole nitrogens is 1. The van der Waals surface area contributed by atoms with Gasteiger partial charge in [-0.3, -0.25) is 4.79 Å². The van der Waals surface area contributed by atoms with E-state index in [0.29, 0.717) is 5.92 Å². The number of hydrogen-bond donors (Lipinski definition) is 2. The third kappa shape index (κ3) is 3.02. The third-order valence-electron chi connectivity index (χ3n) is 5.90. The molecular formula is C22H26N6OS. The van der Waals surface area contributed by atoms with Gasteiger partial charge in [-0.05, 0) is 43.0 Å². The Hall–Kier alpha value is -2.71. The van der Waals surface area contributed by atoms with Gasteiger partial charge in [0.15, 0.2) is 5.65 Å². The number of amides is 1. The van der Waals surface area contributed by atoms with Crippen molar-refractivity contribution in [3.05, 3.63) is 40.7 Å². The third-order valence-corrected chi connectivity index (χ3v) is 7.06. The van der Waals surface area contributed by atoms with Gasteiger partial charge in [0.05, 0.1) is 20.8 Å². The second-order valence-corrected chi connectivity index (χ2v) is 9.47. The Morgan fingerprint density at radius 2 is 2.17 bits per heavy atom. The lowest BCUT2D eigenvalue weighted by Gasteiger charge is -2.33. The molecule has 7 nitrogen and oxygen atoms in total.